The van der Waals surface area contributed by atoms with E-state index in [1.165, 1.54) is 0 Å². The van der Waals surface area contributed by atoms with Crippen LogP contribution < -0.4 is 10.5 Å². The van der Waals surface area contributed by atoms with E-state index in [-0.39, 0.29) is 6.04 Å². The van der Waals surface area contributed by atoms with Crippen molar-refractivity contribution in [1.82, 2.24) is 9.55 Å². The van der Waals surface area contributed by atoms with Crippen LogP contribution in [0.3, 0.4) is 0 Å². The Labute approximate surface area is 125 Å². The van der Waals surface area contributed by atoms with E-state index in [0.29, 0.717) is 11.8 Å². The zero-order valence-corrected chi connectivity index (χ0v) is 13.1. The highest BCUT2D eigenvalue weighted by molar-refractivity contribution is 9.10. The molecule has 19 heavy (non-hydrogen) atoms. The maximum atomic E-state index is 5.94. The van der Waals surface area contributed by atoms with Crippen molar-refractivity contribution >= 4 is 27.5 Å². The van der Waals surface area contributed by atoms with Crippen molar-refractivity contribution in [2.45, 2.75) is 19.6 Å². The minimum absolute atomic E-state index is 0.0898. The molecule has 1 aromatic carbocycles. The molecule has 1 atom stereocenters. The lowest BCUT2D eigenvalue weighted by atomic mass is 10.1. The third-order valence-electron chi connectivity index (χ3n) is 2.85. The van der Waals surface area contributed by atoms with Crippen molar-refractivity contribution in [3.8, 4) is 5.75 Å². The fourth-order valence-electron chi connectivity index (χ4n) is 1.71. The number of aromatic nitrogens is 2. The summed E-state index contributed by atoms with van der Waals surface area (Å²) in [6.07, 6.45) is 1.60. The summed E-state index contributed by atoms with van der Waals surface area (Å²) in [6.45, 7) is 2.27. The first-order chi connectivity index (χ1) is 8.99. The van der Waals surface area contributed by atoms with Crippen LogP contribution in [0.5, 0.6) is 5.75 Å². The fourth-order valence-corrected chi connectivity index (χ4v) is 2.20. The van der Waals surface area contributed by atoms with Gasteiger partial charge in [0.25, 0.3) is 0 Å². The molecule has 1 unspecified atom stereocenters. The molecule has 0 saturated carbocycles. The van der Waals surface area contributed by atoms with E-state index < -0.39 is 0 Å². The first-order valence-corrected chi connectivity index (χ1v) is 7.00. The fraction of sp³-hybridized carbons (Fsp3) is 0.308. The van der Waals surface area contributed by atoms with E-state index >= 15 is 0 Å². The number of nitrogens with two attached hydrogens (primary N) is 1. The molecule has 0 spiro atoms. The molecular formula is C13H15BrClN3O. The summed E-state index contributed by atoms with van der Waals surface area (Å²) in [5, 5.41) is 0.584. The standard InChI is InChI=1S/C13H15BrClN3O/c1-8(16)10-4-3-9(14)5-11(10)19-7-13-17-6-12(15)18(13)2/h3-6,8H,7,16H2,1-2H3. The molecule has 6 heteroatoms. The van der Waals surface area contributed by atoms with Crippen LogP contribution in [0.1, 0.15) is 24.4 Å². The summed E-state index contributed by atoms with van der Waals surface area (Å²) in [5.74, 6) is 1.52. The molecule has 0 amide bonds. The Morgan fingerprint density at radius 3 is 2.84 bits per heavy atom. The van der Waals surface area contributed by atoms with Crippen LogP contribution in [0.25, 0.3) is 0 Å². The Kier molecular flexibility index (Phi) is 4.50. The molecule has 0 aliphatic carbocycles. The number of halogens is 2. The zero-order chi connectivity index (χ0) is 14.0. The molecule has 4 nitrogen and oxygen atoms in total. The maximum absolute atomic E-state index is 5.94. The number of imidazole rings is 1. The van der Waals surface area contributed by atoms with Gasteiger partial charge in [0.1, 0.15) is 23.3 Å². The van der Waals surface area contributed by atoms with Gasteiger partial charge in [-0.2, -0.15) is 0 Å². The first-order valence-electron chi connectivity index (χ1n) is 5.83. The second-order valence-electron chi connectivity index (χ2n) is 4.32. The van der Waals surface area contributed by atoms with Crippen molar-refractivity contribution in [2.75, 3.05) is 0 Å². The highest BCUT2D eigenvalue weighted by atomic mass is 79.9. The number of hydrogen-bond donors (Lipinski definition) is 1. The van der Waals surface area contributed by atoms with Crippen LogP contribution in [-0.2, 0) is 13.7 Å². The van der Waals surface area contributed by atoms with Crippen LogP contribution in [0.2, 0.25) is 5.15 Å². The minimum atomic E-state index is -0.0898. The van der Waals surface area contributed by atoms with E-state index in [1.54, 1.807) is 10.8 Å². The Morgan fingerprint density at radius 1 is 1.53 bits per heavy atom. The van der Waals surface area contributed by atoms with Gasteiger partial charge in [-0.1, -0.05) is 33.6 Å². The molecule has 2 aromatic rings. The Bertz CT molecular complexity index is 583. The van der Waals surface area contributed by atoms with Crippen LogP contribution in [0.4, 0.5) is 0 Å². The average molecular weight is 345 g/mol. The van der Waals surface area contributed by atoms with Crippen LogP contribution in [-0.4, -0.2) is 9.55 Å². The molecule has 2 rings (SSSR count). The van der Waals surface area contributed by atoms with Crippen LogP contribution in [0.15, 0.2) is 28.9 Å². The molecule has 0 aliphatic rings. The van der Waals surface area contributed by atoms with Gasteiger partial charge in [0, 0.05) is 23.1 Å². The van der Waals surface area contributed by atoms with E-state index in [1.807, 2.05) is 32.2 Å². The summed E-state index contributed by atoms with van der Waals surface area (Å²) in [7, 11) is 1.85. The van der Waals surface area contributed by atoms with Gasteiger partial charge in [-0.05, 0) is 19.1 Å². The van der Waals surface area contributed by atoms with Crippen molar-refractivity contribution in [2.24, 2.45) is 12.8 Å². The Balaban J connectivity index is 2.19. The molecule has 0 bridgehead atoms. The first kappa shape index (κ1) is 14.4. The molecule has 2 N–H and O–H groups in total. The third-order valence-corrected chi connectivity index (χ3v) is 3.70. The Hall–Kier alpha value is -1.04. The second-order valence-corrected chi connectivity index (χ2v) is 5.62. The highest BCUT2D eigenvalue weighted by Crippen LogP contribution is 2.28. The van der Waals surface area contributed by atoms with Crippen molar-refractivity contribution in [1.29, 1.82) is 0 Å². The predicted octanol–water partition coefficient (Wildman–Crippen LogP) is 3.43. The SMILES string of the molecule is CC(N)c1ccc(Br)cc1OCc1ncc(Cl)n1C. The van der Waals surface area contributed by atoms with Gasteiger partial charge in [-0.25, -0.2) is 4.98 Å². The summed E-state index contributed by atoms with van der Waals surface area (Å²) in [5.41, 5.74) is 6.89. The number of ether oxygens (including phenoxy) is 1. The van der Waals surface area contributed by atoms with Crippen molar-refractivity contribution in [3.05, 3.63) is 45.4 Å². The molecule has 1 aromatic heterocycles. The molecule has 1 heterocycles. The number of nitrogens with zero attached hydrogens (tertiary/aromatic N) is 2. The summed E-state index contributed by atoms with van der Waals surface area (Å²) in [6, 6.07) is 5.72. The summed E-state index contributed by atoms with van der Waals surface area (Å²) in [4.78, 5) is 4.19. The van der Waals surface area contributed by atoms with Gasteiger partial charge < -0.3 is 15.0 Å². The van der Waals surface area contributed by atoms with E-state index in [9.17, 15) is 0 Å². The average Bonchev–Trinajstić information content (AvgIpc) is 2.67. The molecular weight excluding hydrogens is 330 g/mol. The number of rotatable bonds is 4. The third kappa shape index (κ3) is 3.29. The predicted molar refractivity (Wildman–Crippen MR) is 79.3 cm³/mol. The van der Waals surface area contributed by atoms with Gasteiger partial charge in [0.15, 0.2) is 0 Å². The molecule has 102 valence electrons. The van der Waals surface area contributed by atoms with E-state index in [2.05, 4.69) is 20.9 Å². The van der Waals surface area contributed by atoms with Gasteiger partial charge in [-0.3, -0.25) is 0 Å². The number of hydrogen-bond acceptors (Lipinski definition) is 3. The van der Waals surface area contributed by atoms with Crippen LogP contribution in [0, 0.1) is 0 Å². The monoisotopic (exact) mass is 343 g/mol. The smallest absolute Gasteiger partial charge is 0.147 e. The van der Waals surface area contributed by atoms with Crippen molar-refractivity contribution in [3.63, 3.8) is 0 Å². The van der Waals surface area contributed by atoms with Crippen LogP contribution >= 0.6 is 27.5 Å². The maximum Gasteiger partial charge on any atom is 0.147 e. The van der Waals surface area contributed by atoms with E-state index in [4.69, 9.17) is 22.1 Å². The van der Waals surface area contributed by atoms with E-state index in [0.717, 1.165) is 21.6 Å². The lowest BCUT2D eigenvalue weighted by molar-refractivity contribution is 0.287. The number of benzene rings is 1. The summed E-state index contributed by atoms with van der Waals surface area (Å²) < 4.78 is 8.54. The van der Waals surface area contributed by atoms with Gasteiger partial charge in [-0.15, -0.1) is 0 Å². The molecule has 0 fully saturated rings. The lowest BCUT2D eigenvalue weighted by Gasteiger charge is -2.14. The van der Waals surface area contributed by atoms with Crippen molar-refractivity contribution < 1.29 is 4.74 Å². The minimum Gasteiger partial charge on any atom is -0.485 e. The normalized spacial score (nSPS) is 12.5. The molecule has 0 aliphatic heterocycles. The van der Waals surface area contributed by atoms with Gasteiger partial charge in [0.2, 0.25) is 0 Å². The second kappa shape index (κ2) is 5.94. The summed E-state index contributed by atoms with van der Waals surface area (Å²) >= 11 is 9.36. The topological polar surface area (TPSA) is 53.1 Å². The Morgan fingerprint density at radius 2 is 2.26 bits per heavy atom. The zero-order valence-electron chi connectivity index (χ0n) is 10.7. The quantitative estimate of drug-likeness (QED) is 0.924. The largest absolute Gasteiger partial charge is 0.485 e. The lowest BCUT2D eigenvalue weighted by Crippen LogP contribution is -2.09. The molecule has 0 saturated heterocycles. The molecule has 0 radical (unpaired) electrons. The van der Waals surface area contributed by atoms with Gasteiger partial charge in [0.05, 0.1) is 6.20 Å². The highest BCUT2D eigenvalue weighted by Gasteiger charge is 2.11. The van der Waals surface area contributed by atoms with Gasteiger partial charge >= 0.3 is 0 Å².